The Bertz CT molecular complexity index is 449. The lowest BCUT2D eigenvalue weighted by Crippen LogP contribution is -2.54. The average Bonchev–Trinajstić information content (AvgIpc) is 2.46. The van der Waals surface area contributed by atoms with Crippen molar-refractivity contribution in [2.24, 2.45) is 5.41 Å². The summed E-state index contributed by atoms with van der Waals surface area (Å²) in [6, 6.07) is 0. The van der Waals surface area contributed by atoms with Crippen molar-refractivity contribution in [1.82, 2.24) is 8.61 Å². The van der Waals surface area contributed by atoms with E-state index < -0.39 is 21.6 Å². The highest BCUT2D eigenvalue weighted by Gasteiger charge is 2.45. The van der Waals surface area contributed by atoms with E-state index in [1.54, 1.807) is 13.8 Å². The van der Waals surface area contributed by atoms with Crippen molar-refractivity contribution in [2.45, 2.75) is 33.1 Å². The van der Waals surface area contributed by atoms with Crippen LogP contribution < -0.4 is 0 Å². The maximum Gasteiger partial charge on any atom is 0.311 e. The van der Waals surface area contributed by atoms with Gasteiger partial charge in [0.1, 0.15) is 0 Å². The van der Waals surface area contributed by atoms with Gasteiger partial charge in [-0.3, -0.25) is 4.79 Å². The first-order chi connectivity index (χ1) is 9.84. The highest BCUT2D eigenvalue weighted by molar-refractivity contribution is 7.86. The van der Waals surface area contributed by atoms with Crippen LogP contribution in [0.3, 0.4) is 0 Å². The predicted octanol–water partition coefficient (Wildman–Crippen LogP) is 0.776. The number of rotatable bonds is 8. The van der Waals surface area contributed by atoms with Gasteiger partial charge in [0.2, 0.25) is 0 Å². The van der Waals surface area contributed by atoms with E-state index >= 15 is 0 Å². The normalized spacial score (nSPS) is 24.4. The van der Waals surface area contributed by atoms with Gasteiger partial charge in [0.25, 0.3) is 10.2 Å². The molecule has 0 aliphatic carbocycles. The molecule has 1 rings (SSSR count). The largest absolute Gasteiger partial charge is 0.481 e. The molecule has 1 saturated heterocycles. The summed E-state index contributed by atoms with van der Waals surface area (Å²) in [5.74, 6) is -0.945. The van der Waals surface area contributed by atoms with E-state index in [0.717, 1.165) is 0 Å². The van der Waals surface area contributed by atoms with Crippen LogP contribution in [0.1, 0.15) is 33.1 Å². The molecule has 7 nitrogen and oxygen atoms in total. The molecule has 21 heavy (non-hydrogen) atoms. The van der Waals surface area contributed by atoms with E-state index in [9.17, 15) is 18.3 Å². The van der Waals surface area contributed by atoms with Crippen LogP contribution in [0.2, 0.25) is 0 Å². The molecule has 1 N–H and O–H groups in total. The maximum absolute atomic E-state index is 12.6. The topological polar surface area (TPSA) is 87.2 Å². The minimum atomic E-state index is -3.59. The minimum Gasteiger partial charge on any atom is -0.481 e. The molecule has 124 valence electrons. The molecule has 1 aliphatic heterocycles. The molecule has 1 atom stereocenters. The smallest absolute Gasteiger partial charge is 0.311 e. The van der Waals surface area contributed by atoms with Gasteiger partial charge in [-0.1, -0.05) is 13.8 Å². The first-order valence-electron chi connectivity index (χ1n) is 7.31. The Labute approximate surface area is 127 Å². The minimum absolute atomic E-state index is 0.0184. The van der Waals surface area contributed by atoms with E-state index in [0.29, 0.717) is 45.5 Å². The molecular weight excluding hydrogens is 296 g/mol. The lowest BCUT2D eigenvalue weighted by molar-refractivity contribution is -0.152. The van der Waals surface area contributed by atoms with Crippen molar-refractivity contribution in [1.29, 1.82) is 0 Å². The molecular formula is C13H26N2O5S. The third kappa shape index (κ3) is 3.94. The molecule has 0 saturated carbocycles. The fraction of sp³-hybridized carbons (Fsp3) is 0.923. The molecule has 8 heteroatoms. The van der Waals surface area contributed by atoms with E-state index in [1.807, 2.05) is 0 Å². The molecule has 0 amide bonds. The summed E-state index contributed by atoms with van der Waals surface area (Å²) in [6.07, 6.45) is 1.36. The number of methoxy groups -OCH3 is 1. The van der Waals surface area contributed by atoms with Crippen LogP contribution in [-0.4, -0.2) is 68.0 Å². The van der Waals surface area contributed by atoms with Gasteiger partial charge in [0, 0.05) is 39.9 Å². The summed E-state index contributed by atoms with van der Waals surface area (Å²) in [6.45, 7) is 5.03. The molecule has 1 fully saturated rings. The Kier molecular flexibility index (Phi) is 6.58. The zero-order valence-corrected chi connectivity index (χ0v) is 13.9. The van der Waals surface area contributed by atoms with Crippen molar-refractivity contribution in [3.63, 3.8) is 0 Å². The van der Waals surface area contributed by atoms with Gasteiger partial charge < -0.3 is 9.84 Å². The van der Waals surface area contributed by atoms with Gasteiger partial charge >= 0.3 is 5.97 Å². The van der Waals surface area contributed by atoms with E-state index in [-0.39, 0.29) is 6.54 Å². The Morgan fingerprint density at radius 1 is 1.38 bits per heavy atom. The van der Waals surface area contributed by atoms with E-state index in [4.69, 9.17) is 4.74 Å². The number of hydrogen-bond donors (Lipinski definition) is 1. The molecule has 0 bridgehead atoms. The number of hydrogen-bond acceptors (Lipinski definition) is 4. The third-order valence-corrected chi connectivity index (χ3v) is 6.27. The average molecular weight is 322 g/mol. The SMILES string of the molecule is CCN(CC)S(=O)(=O)N1CCC[C@](CCOC)(C(=O)O)C1. The van der Waals surface area contributed by atoms with Crippen molar-refractivity contribution in [3.8, 4) is 0 Å². The zero-order valence-electron chi connectivity index (χ0n) is 13.0. The monoisotopic (exact) mass is 322 g/mol. The molecule has 1 aliphatic rings. The highest BCUT2D eigenvalue weighted by atomic mass is 32.2. The summed E-state index contributed by atoms with van der Waals surface area (Å²) in [7, 11) is -2.07. The van der Waals surface area contributed by atoms with E-state index in [2.05, 4.69) is 0 Å². The number of ether oxygens (including phenoxy) is 1. The van der Waals surface area contributed by atoms with Crippen molar-refractivity contribution < 1.29 is 23.1 Å². The predicted molar refractivity (Wildman–Crippen MR) is 79.2 cm³/mol. The van der Waals surface area contributed by atoms with Gasteiger partial charge in [-0.25, -0.2) is 0 Å². The standard InChI is InChI=1S/C13H26N2O5S/c1-4-14(5-2)21(18,19)15-9-6-7-13(11-15,12(16)17)8-10-20-3/h4-11H2,1-3H3,(H,16,17)/t13-/m1/s1. The van der Waals surface area contributed by atoms with Gasteiger partial charge in [-0.15, -0.1) is 0 Å². The van der Waals surface area contributed by atoms with Gasteiger partial charge in [0.15, 0.2) is 0 Å². The van der Waals surface area contributed by atoms with Gasteiger partial charge in [-0.05, 0) is 19.3 Å². The summed E-state index contributed by atoms with van der Waals surface area (Å²) in [5.41, 5.74) is -1.05. The Balaban J connectivity index is 2.99. The zero-order chi connectivity index (χ0) is 16.1. The number of aliphatic carboxylic acids is 1. The van der Waals surface area contributed by atoms with Gasteiger partial charge in [-0.2, -0.15) is 17.0 Å². The molecule has 1 heterocycles. The number of carboxylic acid groups (broad SMARTS) is 1. The quantitative estimate of drug-likeness (QED) is 0.713. The summed E-state index contributed by atoms with van der Waals surface area (Å²) in [4.78, 5) is 11.7. The molecule has 0 aromatic heterocycles. The van der Waals surface area contributed by atoms with Crippen molar-refractivity contribution >= 4 is 16.2 Å². The summed E-state index contributed by atoms with van der Waals surface area (Å²) >= 11 is 0. The first-order valence-corrected chi connectivity index (χ1v) is 8.71. The highest BCUT2D eigenvalue weighted by Crippen LogP contribution is 2.35. The fourth-order valence-corrected chi connectivity index (χ4v) is 4.53. The van der Waals surface area contributed by atoms with E-state index in [1.165, 1.54) is 15.7 Å². The molecule has 0 spiro atoms. The fourth-order valence-electron chi connectivity index (χ4n) is 2.78. The third-order valence-electron chi connectivity index (χ3n) is 4.14. The number of carbonyl (C=O) groups is 1. The maximum atomic E-state index is 12.6. The Hall–Kier alpha value is -0.700. The van der Waals surface area contributed by atoms with Crippen LogP contribution >= 0.6 is 0 Å². The van der Waals surface area contributed by atoms with Crippen LogP contribution in [0, 0.1) is 5.41 Å². The number of carboxylic acids is 1. The first kappa shape index (κ1) is 18.3. The van der Waals surface area contributed by atoms with Crippen LogP contribution in [0.5, 0.6) is 0 Å². The van der Waals surface area contributed by atoms with Crippen molar-refractivity contribution in [3.05, 3.63) is 0 Å². The Morgan fingerprint density at radius 2 is 2.00 bits per heavy atom. The Morgan fingerprint density at radius 3 is 2.48 bits per heavy atom. The summed E-state index contributed by atoms with van der Waals surface area (Å²) < 4.78 is 32.8. The van der Waals surface area contributed by atoms with Crippen LogP contribution in [0.4, 0.5) is 0 Å². The lowest BCUT2D eigenvalue weighted by atomic mass is 9.78. The molecule has 0 radical (unpaired) electrons. The number of nitrogens with zero attached hydrogens (tertiary/aromatic N) is 2. The van der Waals surface area contributed by atoms with Crippen LogP contribution in [0.15, 0.2) is 0 Å². The molecule has 0 aromatic carbocycles. The van der Waals surface area contributed by atoms with Crippen LogP contribution in [0.25, 0.3) is 0 Å². The second kappa shape index (κ2) is 7.53. The summed E-state index contributed by atoms with van der Waals surface area (Å²) in [5, 5.41) is 9.56. The van der Waals surface area contributed by atoms with Crippen LogP contribution in [-0.2, 0) is 19.7 Å². The molecule has 0 unspecified atom stereocenters. The lowest BCUT2D eigenvalue weighted by Gasteiger charge is -2.40. The molecule has 0 aromatic rings. The second-order valence-corrected chi connectivity index (χ2v) is 7.29. The second-order valence-electron chi connectivity index (χ2n) is 5.36. The van der Waals surface area contributed by atoms with Crippen molar-refractivity contribution in [2.75, 3.05) is 39.9 Å². The van der Waals surface area contributed by atoms with Gasteiger partial charge in [0.05, 0.1) is 5.41 Å². The number of piperidine rings is 1.